The van der Waals surface area contributed by atoms with Crippen molar-refractivity contribution in [3.8, 4) is 0 Å². The Hall–Kier alpha value is -1.33. The van der Waals surface area contributed by atoms with E-state index in [2.05, 4.69) is 29.0 Å². The van der Waals surface area contributed by atoms with E-state index in [-0.39, 0.29) is 17.8 Å². The summed E-state index contributed by atoms with van der Waals surface area (Å²) in [6.07, 6.45) is 3.45. The largest absolute Gasteiger partial charge is 0.382 e. The fourth-order valence-corrected chi connectivity index (χ4v) is 2.28. The Labute approximate surface area is 131 Å². The van der Waals surface area contributed by atoms with E-state index in [0.717, 1.165) is 32.5 Å². The number of nitrogens with one attached hydrogen (secondary N) is 1. The van der Waals surface area contributed by atoms with Crippen LogP contribution in [0.5, 0.6) is 0 Å². The van der Waals surface area contributed by atoms with Gasteiger partial charge in [-0.1, -0.05) is 25.4 Å². The van der Waals surface area contributed by atoms with Crippen molar-refractivity contribution >= 4 is 23.3 Å². The molecule has 0 fully saturated rings. The molecule has 1 rings (SSSR count). The summed E-state index contributed by atoms with van der Waals surface area (Å²) in [7, 11) is 0. The van der Waals surface area contributed by atoms with E-state index in [4.69, 9.17) is 17.3 Å². The fourth-order valence-electron chi connectivity index (χ4n) is 2.11. The second-order valence-corrected chi connectivity index (χ2v) is 5.54. The highest BCUT2D eigenvalue weighted by atomic mass is 35.5. The van der Waals surface area contributed by atoms with E-state index in [1.807, 2.05) is 6.92 Å². The number of aromatic nitrogens is 1. The zero-order chi connectivity index (χ0) is 15.8. The van der Waals surface area contributed by atoms with Crippen LogP contribution < -0.4 is 11.1 Å². The van der Waals surface area contributed by atoms with Gasteiger partial charge in [-0.15, -0.1) is 0 Å². The van der Waals surface area contributed by atoms with E-state index in [9.17, 15) is 4.79 Å². The molecule has 1 aromatic heterocycles. The Morgan fingerprint density at radius 1 is 1.48 bits per heavy atom. The molecule has 1 atom stereocenters. The van der Waals surface area contributed by atoms with Crippen LogP contribution >= 0.6 is 11.6 Å². The first-order chi connectivity index (χ1) is 9.97. The number of carbonyl (C=O) groups excluding carboxylic acids is 1. The first-order valence-corrected chi connectivity index (χ1v) is 7.79. The van der Waals surface area contributed by atoms with Gasteiger partial charge in [0.25, 0.3) is 5.91 Å². The van der Waals surface area contributed by atoms with Gasteiger partial charge in [0.05, 0.1) is 10.6 Å². The predicted molar refractivity (Wildman–Crippen MR) is 87.6 cm³/mol. The minimum Gasteiger partial charge on any atom is -0.382 e. The Morgan fingerprint density at radius 2 is 2.14 bits per heavy atom. The molecule has 6 heteroatoms. The maximum absolute atomic E-state index is 12.1. The van der Waals surface area contributed by atoms with Gasteiger partial charge in [-0.25, -0.2) is 4.98 Å². The molecule has 0 aliphatic carbocycles. The summed E-state index contributed by atoms with van der Waals surface area (Å²) in [5.74, 6) is 0.0697. The number of hydrogen-bond donors (Lipinski definition) is 2. The van der Waals surface area contributed by atoms with Gasteiger partial charge >= 0.3 is 0 Å². The smallest absolute Gasteiger partial charge is 0.253 e. The fraction of sp³-hybridized carbons (Fsp3) is 0.600. The lowest BCUT2D eigenvalue weighted by Gasteiger charge is -2.19. The third-order valence-electron chi connectivity index (χ3n) is 3.52. The molecule has 0 aromatic carbocycles. The molecule has 118 valence electrons. The average Bonchev–Trinajstić information content (AvgIpc) is 2.46. The molecule has 3 N–H and O–H groups in total. The molecule has 0 radical (unpaired) electrons. The molecule has 0 saturated heterocycles. The lowest BCUT2D eigenvalue weighted by molar-refractivity contribution is 0.0937. The second-order valence-electron chi connectivity index (χ2n) is 5.13. The Kier molecular flexibility index (Phi) is 7.47. The molecule has 0 aliphatic rings. The summed E-state index contributed by atoms with van der Waals surface area (Å²) in [4.78, 5) is 18.3. The Balaban J connectivity index is 2.41. The highest BCUT2D eigenvalue weighted by molar-refractivity contribution is 6.33. The quantitative estimate of drug-likeness (QED) is 0.774. The summed E-state index contributed by atoms with van der Waals surface area (Å²) in [6, 6.07) is 1.66. The number of nitrogens with zero attached hydrogens (tertiary/aromatic N) is 2. The highest BCUT2D eigenvalue weighted by Gasteiger charge is 2.12. The first kappa shape index (κ1) is 17.7. The summed E-state index contributed by atoms with van der Waals surface area (Å²) in [5.41, 5.74) is 5.97. The normalized spacial score (nSPS) is 12.4. The van der Waals surface area contributed by atoms with Crippen molar-refractivity contribution in [2.24, 2.45) is 0 Å². The standard InChI is InChI=1S/C15H25ClN4O/c1-4-20(5-2)8-6-7-11(3)19-15(21)12-9-13(16)14(17)18-10-12/h9-11H,4-8H2,1-3H3,(H2,17,18)(H,19,21). The van der Waals surface area contributed by atoms with E-state index in [1.165, 1.54) is 6.20 Å². The number of hydrogen-bond acceptors (Lipinski definition) is 4. The molecular weight excluding hydrogens is 288 g/mol. The van der Waals surface area contributed by atoms with Crippen molar-refractivity contribution in [2.45, 2.75) is 39.7 Å². The first-order valence-electron chi connectivity index (χ1n) is 7.42. The van der Waals surface area contributed by atoms with Crippen molar-refractivity contribution in [1.29, 1.82) is 0 Å². The number of nitrogen functional groups attached to an aromatic ring is 1. The molecule has 1 aromatic rings. The summed E-state index contributed by atoms with van der Waals surface area (Å²) >= 11 is 5.87. The van der Waals surface area contributed by atoms with Crippen LogP contribution in [0.3, 0.4) is 0 Å². The zero-order valence-corrected chi connectivity index (χ0v) is 13.8. The Bertz CT molecular complexity index is 463. The molecule has 1 heterocycles. The monoisotopic (exact) mass is 312 g/mol. The number of amides is 1. The number of rotatable bonds is 8. The van der Waals surface area contributed by atoms with Crippen LogP contribution in [0.2, 0.25) is 5.02 Å². The number of halogens is 1. The van der Waals surface area contributed by atoms with Crippen LogP contribution in [0.25, 0.3) is 0 Å². The number of anilines is 1. The molecular formula is C15H25ClN4O. The number of pyridine rings is 1. The van der Waals surface area contributed by atoms with Crippen LogP contribution in [0.15, 0.2) is 12.3 Å². The molecule has 0 aliphatic heterocycles. The summed E-state index contributed by atoms with van der Waals surface area (Å²) < 4.78 is 0. The van der Waals surface area contributed by atoms with Crippen molar-refractivity contribution < 1.29 is 4.79 Å². The van der Waals surface area contributed by atoms with E-state index in [0.29, 0.717) is 10.6 Å². The lowest BCUT2D eigenvalue weighted by Crippen LogP contribution is -2.33. The van der Waals surface area contributed by atoms with E-state index in [1.54, 1.807) is 6.07 Å². The SMILES string of the molecule is CCN(CC)CCCC(C)NC(=O)c1cnc(N)c(Cl)c1. The minimum absolute atomic E-state index is 0.115. The van der Waals surface area contributed by atoms with Gasteiger partial charge in [0, 0.05) is 12.2 Å². The van der Waals surface area contributed by atoms with Gasteiger partial charge < -0.3 is 16.0 Å². The highest BCUT2D eigenvalue weighted by Crippen LogP contribution is 2.16. The minimum atomic E-state index is -0.167. The summed E-state index contributed by atoms with van der Waals surface area (Å²) in [6.45, 7) is 9.51. The third kappa shape index (κ3) is 5.89. The van der Waals surface area contributed by atoms with Crippen LogP contribution in [0.1, 0.15) is 44.0 Å². The maximum atomic E-state index is 12.1. The van der Waals surface area contributed by atoms with Crippen molar-refractivity contribution in [2.75, 3.05) is 25.4 Å². The molecule has 0 bridgehead atoms. The number of nitrogens with two attached hydrogens (primary N) is 1. The van der Waals surface area contributed by atoms with Crippen LogP contribution in [0.4, 0.5) is 5.82 Å². The third-order valence-corrected chi connectivity index (χ3v) is 3.82. The molecule has 5 nitrogen and oxygen atoms in total. The van der Waals surface area contributed by atoms with Crippen LogP contribution in [-0.2, 0) is 0 Å². The maximum Gasteiger partial charge on any atom is 0.253 e. The lowest BCUT2D eigenvalue weighted by atomic mass is 10.1. The van der Waals surface area contributed by atoms with Crippen molar-refractivity contribution in [1.82, 2.24) is 15.2 Å². The van der Waals surface area contributed by atoms with Gasteiger partial charge in [0.15, 0.2) is 0 Å². The number of carbonyl (C=O) groups is 1. The molecule has 0 saturated carbocycles. The molecule has 1 amide bonds. The zero-order valence-electron chi connectivity index (χ0n) is 13.0. The van der Waals surface area contributed by atoms with Gasteiger partial charge in [-0.3, -0.25) is 4.79 Å². The van der Waals surface area contributed by atoms with Crippen molar-refractivity contribution in [3.63, 3.8) is 0 Å². The van der Waals surface area contributed by atoms with Crippen molar-refractivity contribution in [3.05, 3.63) is 22.8 Å². The topological polar surface area (TPSA) is 71.2 Å². The van der Waals surface area contributed by atoms with Crippen LogP contribution in [0, 0.1) is 0 Å². The molecule has 0 spiro atoms. The molecule has 21 heavy (non-hydrogen) atoms. The van der Waals surface area contributed by atoms with Gasteiger partial charge in [0.1, 0.15) is 5.82 Å². The Morgan fingerprint density at radius 3 is 2.71 bits per heavy atom. The van der Waals surface area contributed by atoms with Gasteiger partial charge in [0.2, 0.25) is 0 Å². The van der Waals surface area contributed by atoms with Gasteiger partial charge in [-0.05, 0) is 45.5 Å². The van der Waals surface area contributed by atoms with E-state index >= 15 is 0 Å². The second kappa shape index (κ2) is 8.85. The van der Waals surface area contributed by atoms with E-state index < -0.39 is 0 Å². The summed E-state index contributed by atoms with van der Waals surface area (Å²) in [5, 5.41) is 3.26. The predicted octanol–water partition coefficient (Wildman–Crippen LogP) is 2.56. The van der Waals surface area contributed by atoms with Gasteiger partial charge in [-0.2, -0.15) is 0 Å². The average molecular weight is 313 g/mol. The molecule has 1 unspecified atom stereocenters. The van der Waals surface area contributed by atoms with Crippen LogP contribution in [-0.4, -0.2) is 41.5 Å².